The normalized spacial score (nSPS) is 11.1. The summed E-state index contributed by atoms with van der Waals surface area (Å²) in [7, 11) is 4.62. The molecule has 174 valence electrons. The third-order valence-electron chi connectivity index (χ3n) is 4.89. The number of halogens is 1. The topological polar surface area (TPSA) is 86.9 Å². The number of aromatic nitrogens is 2. The fourth-order valence-corrected chi connectivity index (χ4v) is 3.40. The van der Waals surface area contributed by atoms with Gasteiger partial charge in [-0.2, -0.15) is 0 Å². The smallest absolute Gasteiger partial charge is 0.249 e. The van der Waals surface area contributed by atoms with Crippen LogP contribution in [0.2, 0.25) is 5.02 Å². The van der Waals surface area contributed by atoms with Crippen LogP contribution in [-0.4, -0.2) is 48.4 Å². The van der Waals surface area contributed by atoms with Crippen LogP contribution in [-0.2, 0) is 11.3 Å². The quantitative estimate of drug-likeness (QED) is 0.411. The first-order valence-corrected chi connectivity index (χ1v) is 10.6. The van der Waals surface area contributed by atoms with Crippen LogP contribution in [0.4, 0.5) is 0 Å². The standard InChI is InChI=1S/C24H26ClN3O5/c1-15(2)28(14-21-26-27-24(33-21)17-8-6-7-9-18(17)25)22(29)11-10-16-12-19(30-3)23(32-5)20(13-16)31-4/h6-13,15H,14H2,1-5H3/b11-10+. The summed E-state index contributed by atoms with van der Waals surface area (Å²) in [6, 6.07) is 10.6. The molecule has 0 aliphatic carbocycles. The van der Waals surface area contributed by atoms with Crippen LogP contribution >= 0.6 is 11.6 Å². The molecule has 0 bridgehead atoms. The largest absolute Gasteiger partial charge is 0.493 e. The van der Waals surface area contributed by atoms with Gasteiger partial charge in [0.25, 0.3) is 0 Å². The Hall–Kier alpha value is -3.52. The first-order chi connectivity index (χ1) is 15.9. The van der Waals surface area contributed by atoms with Gasteiger partial charge in [-0.05, 0) is 49.8 Å². The fourth-order valence-electron chi connectivity index (χ4n) is 3.18. The second-order valence-corrected chi connectivity index (χ2v) is 7.74. The minimum atomic E-state index is -0.212. The molecule has 8 nitrogen and oxygen atoms in total. The predicted molar refractivity (Wildman–Crippen MR) is 126 cm³/mol. The molecular weight excluding hydrogens is 446 g/mol. The van der Waals surface area contributed by atoms with E-state index in [0.29, 0.717) is 39.6 Å². The van der Waals surface area contributed by atoms with Gasteiger partial charge in [-0.3, -0.25) is 4.79 Å². The van der Waals surface area contributed by atoms with Crippen molar-refractivity contribution in [1.82, 2.24) is 15.1 Å². The van der Waals surface area contributed by atoms with Crippen LogP contribution in [0, 0.1) is 0 Å². The van der Waals surface area contributed by atoms with Crippen LogP contribution < -0.4 is 14.2 Å². The lowest BCUT2D eigenvalue weighted by atomic mass is 10.1. The Labute approximate surface area is 197 Å². The summed E-state index contributed by atoms with van der Waals surface area (Å²) in [4.78, 5) is 14.6. The van der Waals surface area contributed by atoms with Crippen LogP contribution in [0.1, 0.15) is 25.3 Å². The van der Waals surface area contributed by atoms with Crippen molar-refractivity contribution in [1.29, 1.82) is 0 Å². The molecule has 0 spiro atoms. The van der Waals surface area contributed by atoms with Gasteiger partial charge < -0.3 is 23.5 Å². The lowest BCUT2D eigenvalue weighted by molar-refractivity contribution is -0.128. The summed E-state index contributed by atoms with van der Waals surface area (Å²) < 4.78 is 21.8. The van der Waals surface area contributed by atoms with Crippen molar-refractivity contribution in [3.05, 3.63) is 59.0 Å². The minimum absolute atomic E-state index is 0.0993. The fraction of sp³-hybridized carbons (Fsp3) is 0.292. The van der Waals surface area contributed by atoms with Crippen molar-refractivity contribution in [2.45, 2.75) is 26.4 Å². The molecule has 3 rings (SSSR count). The molecule has 33 heavy (non-hydrogen) atoms. The average Bonchev–Trinajstić information content (AvgIpc) is 3.28. The van der Waals surface area contributed by atoms with E-state index in [1.54, 1.807) is 35.2 Å². The Morgan fingerprint density at radius 2 is 1.76 bits per heavy atom. The Balaban J connectivity index is 1.79. The molecule has 1 heterocycles. The lowest BCUT2D eigenvalue weighted by Gasteiger charge is -2.23. The maximum absolute atomic E-state index is 13.0. The number of methoxy groups -OCH3 is 3. The van der Waals surface area contributed by atoms with Gasteiger partial charge in [-0.1, -0.05) is 23.7 Å². The molecule has 1 amide bonds. The number of carbonyl (C=O) groups is 1. The summed E-state index contributed by atoms with van der Waals surface area (Å²) in [5, 5.41) is 8.66. The number of rotatable bonds is 9. The van der Waals surface area contributed by atoms with E-state index in [1.807, 2.05) is 26.0 Å². The van der Waals surface area contributed by atoms with E-state index in [4.69, 9.17) is 30.2 Å². The van der Waals surface area contributed by atoms with E-state index >= 15 is 0 Å². The van der Waals surface area contributed by atoms with E-state index in [0.717, 1.165) is 5.56 Å². The van der Waals surface area contributed by atoms with Crippen LogP contribution in [0.3, 0.4) is 0 Å². The molecule has 0 fully saturated rings. The molecule has 0 saturated carbocycles. The zero-order valence-corrected chi connectivity index (χ0v) is 19.9. The van der Waals surface area contributed by atoms with Gasteiger partial charge in [0.15, 0.2) is 11.5 Å². The molecule has 2 aromatic carbocycles. The zero-order valence-electron chi connectivity index (χ0n) is 19.2. The molecular formula is C24H26ClN3O5. The van der Waals surface area contributed by atoms with Crippen molar-refractivity contribution in [2.75, 3.05) is 21.3 Å². The first kappa shape index (κ1) is 24.1. The van der Waals surface area contributed by atoms with Crippen LogP contribution in [0.25, 0.3) is 17.5 Å². The van der Waals surface area contributed by atoms with Crippen LogP contribution in [0.15, 0.2) is 46.9 Å². The maximum atomic E-state index is 13.0. The number of nitrogens with zero attached hydrogens (tertiary/aromatic N) is 3. The van der Waals surface area contributed by atoms with Gasteiger partial charge in [0.1, 0.15) is 0 Å². The van der Waals surface area contributed by atoms with Crippen molar-refractivity contribution in [2.24, 2.45) is 0 Å². The highest BCUT2D eigenvalue weighted by molar-refractivity contribution is 6.33. The summed E-state index contributed by atoms with van der Waals surface area (Å²) in [6.45, 7) is 3.99. The highest BCUT2D eigenvalue weighted by Crippen LogP contribution is 2.38. The van der Waals surface area contributed by atoms with Crippen molar-refractivity contribution < 1.29 is 23.4 Å². The number of hydrogen-bond donors (Lipinski definition) is 0. The third kappa shape index (κ3) is 5.64. The van der Waals surface area contributed by atoms with Gasteiger partial charge in [-0.15, -0.1) is 10.2 Å². The Morgan fingerprint density at radius 3 is 2.33 bits per heavy atom. The van der Waals surface area contributed by atoms with Crippen molar-refractivity contribution >= 4 is 23.6 Å². The summed E-state index contributed by atoms with van der Waals surface area (Å²) in [5.41, 5.74) is 1.36. The molecule has 0 radical (unpaired) electrons. The maximum Gasteiger partial charge on any atom is 0.249 e. The molecule has 3 aromatic rings. The van der Waals surface area contributed by atoms with Gasteiger partial charge in [0.2, 0.25) is 23.4 Å². The minimum Gasteiger partial charge on any atom is -0.493 e. The summed E-state index contributed by atoms with van der Waals surface area (Å²) in [6.07, 6.45) is 3.16. The molecule has 0 aliphatic rings. The summed E-state index contributed by atoms with van der Waals surface area (Å²) >= 11 is 6.21. The summed E-state index contributed by atoms with van der Waals surface area (Å²) in [5.74, 6) is 1.90. The highest BCUT2D eigenvalue weighted by Gasteiger charge is 2.20. The number of benzene rings is 2. The number of carbonyl (C=O) groups excluding carboxylic acids is 1. The highest BCUT2D eigenvalue weighted by atomic mass is 35.5. The second-order valence-electron chi connectivity index (χ2n) is 7.33. The molecule has 0 N–H and O–H groups in total. The van der Waals surface area contributed by atoms with Gasteiger partial charge >= 0.3 is 0 Å². The Morgan fingerprint density at radius 1 is 1.09 bits per heavy atom. The predicted octanol–water partition coefficient (Wildman–Crippen LogP) is 4.87. The Kier molecular flexibility index (Phi) is 7.95. The first-order valence-electron chi connectivity index (χ1n) is 10.2. The Bertz CT molecular complexity index is 1120. The SMILES string of the molecule is COc1cc(/C=C/C(=O)N(Cc2nnc(-c3ccccc3Cl)o2)C(C)C)cc(OC)c1OC. The number of ether oxygens (including phenoxy) is 3. The van der Waals surface area contributed by atoms with Crippen molar-refractivity contribution in [3.63, 3.8) is 0 Å². The van der Waals surface area contributed by atoms with Crippen LogP contribution in [0.5, 0.6) is 17.2 Å². The molecule has 1 aromatic heterocycles. The zero-order chi connectivity index (χ0) is 24.0. The second kappa shape index (κ2) is 10.9. The van der Waals surface area contributed by atoms with E-state index in [1.165, 1.54) is 27.4 Å². The number of amides is 1. The van der Waals surface area contributed by atoms with E-state index in [-0.39, 0.29) is 18.5 Å². The third-order valence-corrected chi connectivity index (χ3v) is 5.22. The van der Waals surface area contributed by atoms with E-state index in [2.05, 4.69) is 10.2 Å². The number of hydrogen-bond acceptors (Lipinski definition) is 7. The molecule has 9 heteroatoms. The molecule has 0 aliphatic heterocycles. The van der Waals surface area contributed by atoms with E-state index < -0.39 is 0 Å². The van der Waals surface area contributed by atoms with Crippen molar-refractivity contribution in [3.8, 4) is 28.7 Å². The average molecular weight is 472 g/mol. The van der Waals surface area contributed by atoms with Gasteiger partial charge in [0, 0.05) is 12.1 Å². The van der Waals surface area contributed by atoms with Gasteiger partial charge in [-0.25, -0.2) is 0 Å². The molecule has 0 unspecified atom stereocenters. The molecule has 0 saturated heterocycles. The monoisotopic (exact) mass is 471 g/mol. The van der Waals surface area contributed by atoms with Gasteiger partial charge in [0.05, 0.1) is 38.5 Å². The van der Waals surface area contributed by atoms with E-state index in [9.17, 15) is 4.79 Å². The lowest BCUT2D eigenvalue weighted by Crippen LogP contribution is -2.35. The molecule has 0 atom stereocenters.